The van der Waals surface area contributed by atoms with Crippen LogP contribution in [-0.2, 0) is 14.3 Å². The lowest BCUT2D eigenvalue weighted by atomic mass is 10.0. The number of hydrogen-bond acceptors (Lipinski definition) is 3. The third kappa shape index (κ3) is 0.901. The molecule has 4 heteroatoms. The largest absolute Gasteiger partial charge is 0.350 e. The van der Waals surface area contributed by atoms with Crippen molar-refractivity contribution in [3.63, 3.8) is 0 Å². The van der Waals surface area contributed by atoms with Crippen LogP contribution in [0.15, 0.2) is 0 Å². The van der Waals surface area contributed by atoms with Crippen LogP contribution >= 0.6 is 0 Å². The Bertz CT molecular complexity index is 276. The van der Waals surface area contributed by atoms with Crippen molar-refractivity contribution in [2.45, 2.75) is 44.3 Å². The zero-order chi connectivity index (χ0) is 9.22. The number of rotatable bonds is 0. The third-order valence-electron chi connectivity index (χ3n) is 3.13. The number of hydrogen-bond donors (Lipinski definition) is 1. The fourth-order valence-corrected chi connectivity index (χ4v) is 2.67. The van der Waals surface area contributed by atoms with Gasteiger partial charge in [-0.25, -0.2) is 0 Å². The molecule has 4 nitrogen and oxygen atoms in total. The van der Waals surface area contributed by atoms with Crippen molar-refractivity contribution in [3.05, 3.63) is 0 Å². The summed E-state index contributed by atoms with van der Waals surface area (Å²) < 4.78 is 11.4. The average Bonchev–Trinajstić information content (AvgIpc) is 2.56. The van der Waals surface area contributed by atoms with E-state index in [4.69, 9.17) is 9.47 Å². The summed E-state index contributed by atoms with van der Waals surface area (Å²) in [7, 11) is 0. The van der Waals surface area contributed by atoms with Gasteiger partial charge >= 0.3 is 0 Å². The Kier molecular flexibility index (Phi) is 1.23. The van der Waals surface area contributed by atoms with Crippen molar-refractivity contribution in [3.8, 4) is 0 Å². The summed E-state index contributed by atoms with van der Waals surface area (Å²) >= 11 is 0. The van der Waals surface area contributed by atoms with Crippen molar-refractivity contribution < 1.29 is 14.3 Å². The summed E-state index contributed by atoms with van der Waals surface area (Å²) in [5, 5.41) is 2.92. The summed E-state index contributed by atoms with van der Waals surface area (Å²) in [6.07, 6.45) is 0.955. The Morgan fingerprint density at radius 2 is 2.08 bits per heavy atom. The fraction of sp³-hybridized carbons (Fsp3) is 0.889. The molecule has 1 aliphatic carbocycles. The van der Waals surface area contributed by atoms with Gasteiger partial charge in [0.25, 0.3) is 0 Å². The molecule has 0 aromatic heterocycles. The van der Waals surface area contributed by atoms with E-state index in [2.05, 4.69) is 5.32 Å². The number of fused-ring (bicyclic) bond motifs is 5. The summed E-state index contributed by atoms with van der Waals surface area (Å²) in [4.78, 5) is 11.3. The van der Waals surface area contributed by atoms with E-state index in [-0.39, 0.29) is 30.1 Å². The van der Waals surface area contributed by atoms with Gasteiger partial charge in [-0.2, -0.15) is 0 Å². The maximum Gasteiger partial charge on any atom is 0.226 e. The third-order valence-corrected chi connectivity index (χ3v) is 3.13. The Hall–Kier alpha value is -0.610. The van der Waals surface area contributed by atoms with E-state index in [1.807, 2.05) is 13.8 Å². The van der Waals surface area contributed by atoms with Crippen LogP contribution in [0.5, 0.6) is 0 Å². The molecule has 72 valence electrons. The van der Waals surface area contributed by atoms with Crippen LogP contribution in [0.25, 0.3) is 0 Å². The molecule has 4 atom stereocenters. The first-order valence-corrected chi connectivity index (χ1v) is 4.73. The predicted molar refractivity (Wildman–Crippen MR) is 43.9 cm³/mol. The lowest BCUT2D eigenvalue weighted by Crippen LogP contribution is -2.47. The van der Waals surface area contributed by atoms with Gasteiger partial charge in [0.1, 0.15) is 12.2 Å². The molecule has 13 heavy (non-hydrogen) atoms. The first-order chi connectivity index (χ1) is 6.07. The number of amides is 1. The zero-order valence-electron chi connectivity index (χ0n) is 7.74. The highest BCUT2D eigenvalue weighted by Gasteiger charge is 2.60. The van der Waals surface area contributed by atoms with Crippen molar-refractivity contribution in [2.24, 2.45) is 5.92 Å². The van der Waals surface area contributed by atoms with Gasteiger partial charge in [-0.1, -0.05) is 0 Å². The molecule has 1 saturated carbocycles. The van der Waals surface area contributed by atoms with Crippen molar-refractivity contribution in [1.82, 2.24) is 5.32 Å². The molecule has 2 aliphatic heterocycles. The standard InChI is InChI=1S/C9H13NO3/c1-9(2)12-6-4-3-5(7(6)13-9)10-8(4)11/h4-7H,3H2,1-2H3,(H,10,11)/t4-,5-,6-,7-/m0/s1. The van der Waals surface area contributed by atoms with Crippen LogP contribution in [0.3, 0.4) is 0 Å². The van der Waals surface area contributed by atoms with Gasteiger partial charge in [-0.05, 0) is 20.3 Å². The van der Waals surface area contributed by atoms with E-state index < -0.39 is 5.79 Å². The Labute approximate surface area is 76.6 Å². The molecule has 3 aliphatic rings. The maximum absolute atomic E-state index is 11.3. The van der Waals surface area contributed by atoms with Gasteiger partial charge in [0.05, 0.1) is 12.0 Å². The van der Waals surface area contributed by atoms with Crippen LogP contribution in [0.2, 0.25) is 0 Å². The first kappa shape index (κ1) is 7.76. The number of nitrogens with one attached hydrogen (secondary N) is 1. The SMILES string of the molecule is CC1(C)O[C@@H]2[C@@H](O1)[C@@H]1C[C@@H]2NC1=O. The highest BCUT2D eigenvalue weighted by molar-refractivity contribution is 5.83. The molecule has 3 fully saturated rings. The van der Waals surface area contributed by atoms with Gasteiger partial charge in [0, 0.05) is 0 Å². The Morgan fingerprint density at radius 1 is 1.38 bits per heavy atom. The molecule has 2 bridgehead atoms. The predicted octanol–water partition coefficient (Wildman–Crippen LogP) is 0.0248. The molecule has 1 amide bonds. The second kappa shape index (κ2) is 2.07. The van der Waals surface area contributed by atoms with Gasteiger partial charge < -0.3 is 14.8 Å². The molecule has 3 rings (SSSR count). The maximum atomic E-state index is 11.3. The first-order valence-electron chi connectivity index (χ1n) is 4.73. The van der Waals surface area contributed by atoms with Crippen LogP contribution in [0, 0.1) is 5.92 Å². The minimum atomic E-state index is -0.515. The highest BCUT2D eigenvalue weighted by atomic mass is 16.8. The highest BCUT2D eigenvalue weighted by Crippen LogP contribution is 2.44. The van der Waals surface area contributed by atoms with E-state index >= 15 is 0 Å². The molecule has 0 radical (unpaired) electrons. The van der Waals surface area contributed by atoms with Crippen LogP contribution in [0.1, 0.15) is 20.3 Å². The second-order valence-electron chi connectivity index (χ2n) is 4.52. The molecular weight excluding hydrogens is 170 g/mol. The normalized spacial score (nSPS) is 50.8. The molecule has 0 aromatic rings. The molecule has 0 spiro atoms. The monoisotopic (exact) mass is 183 g/mol. The summed E-state index contributed by atoms with van der Waals surface area (Å²) in [5.41, 5.74) is 0. The molecule has 2 heterocycles. The van der Waals surface area contributed by atoms with E-state index in [9.17, 15) is 4.79 Å². The van der Waals surface area contributed by atoms with Gasteiger partial charge in [-0.3, -0.25) is 4.79 Å². The minimum Gasteiger partial charge on any atom is -0.350 e. The van der Waals surface area contributed by atoms with E-state index in [1.165, 1.54) is 0 Å². The van der Waals surface area contributed by atoms with E-state index in [0.717, 1.165) is 6.42 Å². The number of ether oxygens (including phenoxy) is 2. The number of carbonyl (C=O) groups is 1. The Balaban J connectivity index is 1.91. The molecular formula is C9H13NO3. The molecule has 0 unspecified atom stereocenters. The topological polar surface area (TPSA) is 47.6 Å². The lowest BCUT2D eigenvalue weighted by molar-refractivity contribution is -0.155. The molecule has 0 aromatic carbocycles. The summed E-state index contributed by atoms with van der Waals surface area (Å²) in [6, 6.07) is 0.185. The molecule has 2 saturated heterocycles. The second-order valence-corrected chi connectivity index (χ2v) is 4.52. The minimum absolute atomic E-state index is 0.00579. The summed E-state index contributed by atoms with van der Waals surface area (Å²) in [5.74, 6) is -0.359. The number of piperidine rings is 1. The van der Waals surface area contributed by atoms with Crippen molar-refractivity contribution >= 4 is 5.91 Å². The summed E-state index contributed by atoms with van der Waals surface area (Å²) in [6.45, 7) is 3.80. The molecule has 1 N–H and O–H groups in total. The fourth-order valence-electron chi connectivity index (χ4n) is 2.67. The van der Waals surface area contributed by atoms with Gasteiger partial charge in [-0.15, -0.1) is 0 Å². The average molecular weight is 183 g/mol. The quantitative estimate of drug-likeness (QED) is 0.576. The smallest absolute Gasteiger partial charge is 0.226 e. The van der Waals surface area contributed by atoms with Crippen LogP contribution in [-0.4, -0.2) is 29.9 Å². The zero-order valence-corrected chi connectivity index (χ0v) is 7.74. The van der Waals surface area contributed by atoms with Gasteiger partial charge in [0.2, 0.25) is 5.91 Å². The van der Waals surface area contributed by atoms with Gasteiger partial charge in [0.15, 0.2) is 5.79 Å². The van der Waals surface area contributed by atoms with E-state index in [1.54, 1.807) is 0 Å². The number of carbonyl (C=O) groups excluding carboxylic acids is 1. The van der Waals surface area contributed by atoms with Crippen LogP contribution < -0.4 is 5.32 Å². The lowest BCUT2D eigenvalue weighted by Gasteiger charge is -2.21. The van der Waals surface area contributed by atoms with Crippen molar-refractivity contribution in [1.29, 1.82) is 0 Å². The Morgan fingerprint density at radius 3 is 2.85 bits per heavy atom. The van der Waals surface area contributed by atoms with Crippen molar-refractivity contribution in [2.75, 3.05) is 0 Å². The van der Waals surface area contributed by atoms with E-state index in [0.29, 0.717) is 0 Å². The van der Waals surface area contributed by atoms with Crippen LogP contribution in [0.4, 0.5) is 0 Å².